The van der Waals surface area contributed by atoms with Gasteiger partial charge >= 0.3 is 0 Å². The predicted octanol–water partition coefficient (Wildman–Crippen LogP) is 1.57. The van der Waals surface area contributed by atoms with Gasteiger partial charge in [-0.15, -0.1) is 0 Å². The van der Waals surface area contributed by atoms with Crippen molar-refractivity contribution >= 4 is 23.2 Å². The van der Waals surface area contributed by atoms with Gasteiger partial charge in [0.1, 0.15) is 0 Å². The Labute approximate surface area is 112 Å². The zero-order valence-corrected chi connectivity index (χ0v) is 11.0. The molecule has 0 bridgehead atoms. The lowest BCUT2D eigenvalue weighted by Gasteiger charge is -2.26. The number of amides is 1. The fraction of sp³-hybridized carbons (Fsp3) is 0.462. The Morgan fingerprint density at radius 2 is 1.94 bits per heavy atom. The van der Waals surface area contributed by atoms with Crippen LogP contribution in [0.1, 0.15) is 6.42 Å². The fourth-order valence-corrected chi connectivity index (χ4v) is 2.08. The molecule has 0 unspecified atom stereocenters. The van der Waals surface area contributed by atoms with Crippen LogP contribution < -0.4 is 10.6 Å². The first-order chi connectivity index (χ1) is 8.74. The van der Waals surface area contributed by atoms with E-state index in [1.165, 1.54) is 0 Å². The van der Waals surface area contributed by atoms with E-state index < -0.39 is 0 Å². The second-order valence-corrected chi connectivity index (χ2v) is 4.83. The molecule has 1 aliphatic rings. The summed E-state index contributed by atoms with van der Waals surface area (Å²) in [5, 5.41) is 6.84. The second kappa shape index (κ2) is 6.73. The summed E-state index contributed by atoms with van der Waals surface area (Å²) in [6.07, 6.45) is 0.530. The molecule has 1 aliphatic heterocycles. The summed E-state index contributed by atoms with van der Waals surface area (Å²) in [5.74, 6) is 0.0517. The molecule has 1 heterocycles. The molecule has 4 nitrogen and oxygen atoms in total. The number of hydrogen-bond donors (Lipinski definition) is 2. The van der Waals surface area contributed by atoms with Gasteiger partial charge in [-0.05, 0) is 24.3 Å². The lowest BCUT2D eigenvalue weighted by atomic mass is 10.3. The van der Waals surface area contributed by atoms with Crippen LogP contribution in [0.3, 0.4) is 0 Å². The predicted molar refractivity (Wildman–Crippen MR) is 74.0 cm³/mol. The van der Waals surface area contributed by atoms with E-state index in [1.807, 2.05) is 12.1 Å². The maximum absolute atomic E-state index is 11.8. The van der Waals surface area contributed by atoms with Crippen LogP contribution in [0.5, 0.6) is 0 Å². The van der Waals surface area contributed by atoms with Crippen molar-refractivity contribution < 1.29 is 4.79 Å². The lowest BCUT2D eigenvalue weighted by molar-refractivity contribution is -0.116. The number of nitrogens with zero attached hydrogens (tertiary/aromatic N) is 1. The molecule has 5 heteroatoms. The summed E-state index contributed by atoms with van der Waals surface area (Å²) in [6, 6.07) is 7.16. The fourth-order valence-electron chi connectivity index (χ4n) is 1.95. The van der Waals surface area contributed by atoms with E-state index in [9.17, 15) is 4.79 Å². The summed E-state index contributed by atoms with van der Waals surface area (Å²) in [4.78, 5) is 14.1. The van der Waals surface area contributed by atoms with Crippen LogP contribution in [-0.4, -0.2) is 43.5 Å². The third kappa shape index (κ3) is 4.29. The van der Waals surface area contributed by atoms with Crippen molar-refractivity contribution in [3.05, 3.63) is 29.3 Å². The Bertz CT molecular complexity index is 388. The smallest absolute Gasteiger partial charge is 0.225 e. The number of carbonyl (C=O) groups is 1. The highest BCUT2D eigenvalue weighted by molar-refractivity contribution is 6.30. The van der Waals surface area contributed by atoms with Gasteiger partial charge in [0.05, 0.1) is 0 Å². The number of halogens is 1. The maximum Gasteiger partial charge on any atom is 0.225 e. The van der Waals surface area contributed by atoms with Gasteiger partial charge in [0.15, 0.2) is 0 Å². The molecule has 1 saturated heterocycles. The van der Waals surface area contributed by atoms with Crippen molar-refractivity contribution in [3.63, 3.8) is 0 Å². The number of piperazine rings is 1. The van der Waals surface area contributed by atoms with Gasteiger partial charge in [-0.3, -0.25) is 4.79 Å². The Balaban J connectivity index is 1.73. The van der Waals surface area contributed by atoms with Crippen LogP contribution >= 0.6 is 11.6 Å². The molecule has 1 aromatic carbocycles. The Hall–Kier alpha value is -1.10. The minimum absolute atomic E-state index is 0.0517. The molecule has 0 saturated carbocycles. The van der Waals surface area contributed by atoms with Crippen LogP contribution in [0.15, 0.2) is 24.3 Å². The zero-order valence-electron chi connectivity index (χ0n) is 10.3. The van der Waals surface area contributed by atoms with E-state index in [0.717, 1.165) is 38.4 Å². The average molecular weight is 268 g/mol. The Kier molecular flexibility index (Phi) is 4.99. The first-order valence-electron chi connectivity index (χ1n) is 6.22. The number of benzene rings is 1. The average Bonchev–Trinajstić information content (AvgIpc) is 2.40. The van der Waals surface area contributed by atoms with Gasteiger partial charge in [0, 0.05) is 49.9 Å². The molecule has 2 rings (SSSR count). The molecular weight excluding hydrogens is 250 g/mol. The molecule has 98 valence electrons. The van der Waals surface area contributed by atoms with Crippen molar-refractivity contribution in [1.29, 1.82) is 0 Å². The van der Waals surface area contributed by atoms with E-state index in [4.69, 9.17) is 11.6 Å². The van der Waals surface area contributed by atoms with Crippen molar-refractivity contribution in [2.45, 2.75) is 6.42 Å². The third-order valence-corrected chi connectivity index (χ3v) is 3.24. The summed E-state index contributed by atoms with van der Waals surface area (Å²) in [6.45, 7) is 4.89. The molecule has 1 amide bonds. The van der Waals surface area contributed by atoms with E-state index in [0.29, 0.717) is 11.4 Å². The molecule has 0 aliphatic carbocycles. The van der Waals surface area contributed by atoms with Crippen molar-refractivity contribution in [2.24, 2.45) is 0 Å². The molecule has 0 spiro atoms. The van der Waals surface area contributed by atoms with Gasteiger partial charge in [0.25, 0.3) is 0 Å². The maximum atomic E-state index is 11.8. The standard InChI is InChI=1S/C13H18ClN3O/c14-11-1-3-12(4-2-11)16-13(18)5-8-17-9-6-15-7-10-17/h1-4,15H,5-10H2,(H,16,18). The topological polar surface area (TPSA) is 44.4 Å². The number of rotatable bonds is 4. The van der Waals surface area contributed by atoms with E-state index >= 15 is 0 Å². The van der Waals surface area contributed by atoms with Crippen LogP contribution in [0, 0.1) is 0 Å². The molecule has 1 aromatic rings. The van der Waals surface area contributed by atoms with E-state index in [2.05, 4.69) is 15.5 Å². The van der Waals surface area contributed by atoms with Gasteiger partial charge in [-0.25, -0.2) is 0 Å². The van der Waals surface area contributed by atoms with Crippen molar-refractivity contribution in [1.82, 2.24) is 10.2 Å². The highest BCUT2D eigenvalue weighted by Crippen LogP contribution is 2.13. The van der Waals surface area contributed by atoms with Crippen LogP contribution in [0.4, 0.5) is 5.69 Å². The quantitative estimate of drug-likeness (QED) is 0.871. The minimum Gasteiger partial charge on any atom is -0.326 e. The summed E-state index contributed by atoms with van der Waals surface area (Å²) >= 11 is 5.79. The van der Waals surface area contributed by atoms with Crippen molar-refractivity contribution in [3.8, 4) is 0 Å². The van der Waals surface area contributed by atoms with Gasteiger partial charge in [-0.1, -0.05) is 11.6 Å². The highest BCUT2D eigenvalue weighted by atomic mass is 35.5. The van der Waals surface area contributed by atoms with Crippen molar-refractivity contribution in [2.75, 3.05) is 38.0 Å². The molecule has 2 N–H and O–H groups in total. The van der Waals surface area contributed by atoms with Gasteiger partial charge < -0.3 is 15.5 Å². The van der Waals surface area contributed by atoms with E-state index in [-0.39, 0.29) is 5.91 Å². The Morgan fingerprint density at radius 3 is 2.61 bits per heavy atom. The third-order valence-electron chi connectivity index (χ3n) is 2.99. The monoisotopic (exact) mass is 267 g/mol. The van der Waals surface area contributed by atoms with Gasteiger partial charge in [0.2, 0.25) is 5.91 Å². The summed E-state index contributed by atoms with van der Waals surface area (Å²) < 4.78 is 0. The molecular formula is C13H18ClN3O. The molecule has 1 fully saturated rings. The normalized spacial score (nSPS) is 16.5. The molecule has 0 atom stereocenters. The number of carbonyl (C=O) groups excluding carboxylic acids is 1. The minimum atomic E-state index is 0.0517. The van der Waals surface area contributed by atoms with E-state index in [1.54, 1.807) is 12.1 Å². The molecule has 0 aromatic heterocycles. The number of nitrogens with one attached hydrogen (secondary N) is 2. The first-order valence-corrected chi connectivity index (χ1v) is 6.60. The second-order valence-electron chi connectivity index (χ2n) is 4.40. The number of hydrogen-bond acceptors (Lipinski definition) is 3. The zero-order chi connectivity index (χ0) is 12.8. The van der Waals surface area contributed by atoms with Crippen LogP contribution in [-0.2, 0) is 4.79 Å². The largest absolute Gasteiger partial charge is 0.326 e. The lowest BCUT2D eigenvalue weighted by Crippen LogP contribution is -2.44. The first kappa shape index (κ1) is 13.3. The summed E-state index contributed by atoms with van der Waals surface area (Å²) in [7, 11) is 0. The van der Waals surface area contributed by atoms with Crippen LogP contribution in [0.25, 0.3) is 0 Å². The van der Waals surface area contributed by atoms with Crippen LogP contribution in [0.2, 0.25) is 5.02 Å². The SMILES string of the molecule is O=C(CCN1CCNCC1)Nc1ccc(Cl)cc1. The summed E-state index contributed by atoms with van der Waals surface area (Å²) in [5.41, 5.74) is 0.796. The molecule has 18 heavy (non-hydrogen) atoms. The molecule has 0 radical (unpaired) electrons. The Morgan fingerprint density at radius 1 is 1.28 bits per heavy atom. The van der Waals surface area contributed by atoms with Gasteiger partial charge in [-0.2, -0.15) is 0 Å². The number of anilines is 1. The highest BCUT2D eigenvalue weighted by Gasteiger charge is 2.11.